The number of aromatic nitrogens is 3. The summed E-state index contributed by atoms with van der Waals surface area (Å²) in [5.41, 5.74) is 1.46. The van der Waals surface area contributed by atoms with Crippen LogP contribution in [0.2, 0.25) is 0 Å². The zero-order chi connectivity index (χ0) is 20.4. The van der Waals surface area contributed by atoms with Crippen molar-refractivity contribution >= 4 is 11.8 Å². The van der Waals surface area contributed by atoms with Crippen LogP contribution in [0.5, 0.6) is 0 Å². The summed E-state index contributed by atoms with van der Waals surface area (Å²) < 4.78 is 7.13. The minimum Gasteiger partial charge on any atom is -0.361 e. The van der Waals surface area contributed by atoms with Crippen LogP contribution >= 0.6 is 0 Å². The van der Waals surface area contributed by atoms with Gasteiger partial charge in [-0.2, -0.15) is 5.10 Å². The molecule has 1 saturated heterocycles. The number of aryl methyl sites for hydroxylation is 1. The van der Waals surface area contributed by atoms with Crippen LogP contribution in [0.15, 0.2) is 53.3 Å². The summed E-state index contributed by atoms with van der Waals surface area (Å²) in [4.78, 5) is 27.3. The number of benzene rings is 1. The van der Waals surface area contributed by atoms with Gasteiger partial charge < -0.3 is 14.7 Å². The first kappa shape index (κ1) is 18.9. The van der Waals surface area contributed by atoms with Gasteiger partial charge in [0.1, 0.15) is 11.5 Å². The molecule has 8 nitrogen and oxygen atoms in total. The average Bonchev–Trinajstić information content (AvgIpc) is 3.48. The first-order chi connectivity index (χ1) is 14.0. The highest BCUT2D eigenvalue weighted by atomic mass is 16.5. The van der Waals surface area contributed by atoms with E-state index in [0.717, 1.165) is 11.3 Å². The molecule has 1 atom stereocenters. The highest BCUT2D eigenvalue weighted by Crippen LogP contribution is 2.36. The van der Waals surface area contributed by atoms with Crippen molar-refractivity contribution in [3.63, 3.8) is 0 Å². The van der Waals surface area contributed by atoms with Gasteiger partial charge in [0, 0.05) is 51.4 Å². The molecule has 0 saturated carbocycles. The monoisotopic (exact) mass is 393 g/mol. The quantitative estimate of drug-likeness (QED) is 0.715. The molecule has 1 N–H and O–H groups in total. The Balaban J connectivity index is 1.55. The highest BCUT2D eigenvalue weighted by Gasteiger charge is 2.46. The van der Waals surface area contributed by atoms with Crippen LogP contribution in [0.1, 0.15) is 22.5 Å². The van der Waals surface area contributed by atoms with E-state index in [9.17, 15) is 9.59 Å². The summed E-state index contributed by atoms with van der Waals surface area (Å²) in [7, 11) is 3.38. The summed E-state index contributed by atoms with van der Waals surface area (Å²) in [5, 5.41) is 11.0. The number of hydrogen-bond acceptors (Lipinski definition) is 5. The number of carbonyl (C=O) groups is 2. The molecular formula is C21H23N5O3. The molecule has 8 heteroatoms. The van der Waals surface area contributed by atoms with Crippen LogP contribution in [0.3, 0.4) is 0 Å². The van der Waals surface area contributed by atoms with Crippen LogP contribution in [-0.2, 0) is 18.3 Å². The van der Waals surface area contributed by atoms with Gasteiger partial charge in [0.2, 0.25) is 5.91 Å². The molecule has 150 valence electrons. The fourth-order valence-corrected chi connectivity index (χ4v) is 3.91. The highest BCUT2D eigenvalue weighted by molar-refractivity contribution is 5.95. The molecule has 0 bridgehead atoms. The predicted molar refractivity (Wildman–Crippen MR) is 106 cm³/mol. The molecule has 1 aliphatic heterocycles. The van der Waals surface area contributed by atoms with E-state index in [1.807, 2.05) is 36.4 Å². The van der Waals surface area contributed by atoms with E-state index in [-0.39, 0.29) is 11.8 Å². The molecule has 1 aliphatic rings. The van der Waals surface area contributed by atoms with Gasteiger partial charge in [0.05, 0.1) is 17.2 Å². The SMILES string of the molecule is CNC(=O)[C@@]1(Cc2cc(-c3ccccc3)no2)CCN(C(=O)c2cnn(C)c2)C1. The van der Waals surface area contributed by atoms with Gasteiger partial charge in [0.15, 0.2) is 0 Å². The van der Waals surface area contributed by atoms with E-state index in [0.29, 0.717) is 37.3 Å². The molecule has 29 heavy (non-hydrogen) atoms. The van der Waals surface area contributed by atoms with Crippen molar-refractivity contribution < 1.29 is 14.1 Å². The van der Waals surface area contributed by atoms with Gasteiger partial charge >= 0.3 is 0 Å². The Hall–Kier alpha value is -3.42. The van der Waals surface area contributed by atoms with Crippen molar-refractivity contribution in [2.75, 3.05) is 20.1 Å². The lowest BCUT2D eigenvalue weighted by Gasteiger charge is -2.26. The summed E-state index contributed by atoms with van der Waals surface area (Å²) in [6.07, 6.45) is 4.17. The van der Waals surface area contributed by atoms with E-state index < -0.39 is 5.41 Å². The van der Waals surface area contributed by atoms with E-state index >= 15 is 0 Å². The van der Waals surface area contributed by atoms with Crippen LogP contribution in [0.25, 0.3) is 11.3 Å². The number of amides is 2. The third-order valence-electron chi connectivity index (χ3n) is 5.44. The minimum absolute atomic E-state index is 0.100. The largest absolute Gasteiger partial charge is 0.361 e. The third-order valence-corrected chi connectivity index (χ3v) is 5.44. The van der Waals surface area contributed by atoms with Gasteiger partial charge in [-0.25, -0.2) is 0 Å². The molecule has 1 aromatic carbocycles. The standard InChI is InChI=1S/C21H23N5O3/c1-22-20(28)21(8-9-26(14-21)19(27)16-12-23-25(2)13-16)11-17-10-18(24-29-17)15-6-4-3-5-7-15/h3-7,10,12-13H,8-9,11,14H2,1-2H3,(H,22,28)/t21-/m1/s1. The maximum absolute atomic E-state index is 12.8. The molecule has 0 unspecified atom stereocenters. The van der Waals surface area contributed by atoms with Crippen molar-refractivity contribution in [3.8, 4) is 11.3 Å². The fourth-order valence-electron chi connectivity index (χ4n) is 3.91. The molecule has 1 fully saturated rings. The first-order valence-electron chi connectivity index (χ1n) is 9.52. The smallest absolute Gasteiger partial charge is 0.257 e. The van der Waals surface area contributed by atoms with E-state index in [1.54, 1.807) is 36.1 Å². The van der Waals surface area contributed by atoms with Crippen LogP contribution in [-0.4, -0.2) is 51.8 Å². The summed E-state index contributed by atoms with van der Waals surface area (Å²) >= 11 is 0. The Bertz CT molecular complexity index is 1030. The van der Waals surface area contributed by atoms with E-state index in [2.05, 4.69) is 15.6 Å². The van der Waals surface area contributed by atoms with Gasteiger partial charge in [0.25, 0.3) is 5.91 Å². The van der Waals surface area contributed by atoms with E-state index in [1.165, 1.54) is 0 Å². The second-order valence-corrected chi connectivity index (χ2v) is 7.46. The second kappa shape index (κ2) is 7.54. The fraction of sp³-hybridized carbons (Fsp3) is 0.333. The van der Waals surface area contributed by atoms with Gasteiger partial charge in [-0.1, -0.05) is 35.5 Å². The lowest BCUT2D eigenvalue weighted by atomic mass is 9.81. The lowest BCUT2D eigenvalue weighted by molar-refractivity contribution is -0.130. The van der Waals surface area contributed by atoms with Crippen LogP contribution < -0.4 is 5.32 Å². The van der Waals surface area contributed by atoms with Gasteiger partial charge in [-0.3, -0.25) is 14.3 Å². The van der Waals surface area contributed by atoms with Crippen molar-refractivity contribution in [3.05, 3.63) is 60.1 Å². The Kier molecular flexibility index (Phi) is 4.92. The number of nitrogens with zero attached hydrogens (tertiary/aromatic N) is 4. The number of likely N-dealkylation sites (tertiary alicyclic amines) is 1. The second-order valence-electron chi connectivity index (χ2n) is 7.46. The van der Waals surface area contributed by atoms with Crippen LogP contribution in [0, 0.1) is 5.41 Å². The number of rotatable bonds is 5. The molecule has 2 amide bonds. The molecule has 3 aromatic rings. The number of hydrogen-bond donors (Lipinski definition) is 1. The zero-order valence-electron chi connectivity index (χ0n) is 16.5. The zero-order valence-corrected chi connectivity index (χ0v) is 16.5. The normalized spacial score (nSPS) is 18.8. The number of carbonyl (C=O) groups excluding carboxylic acids is 2. The van der Waals surface area contributed by atoms with Crippen molar-refractivity contribution in [2.45, 2.75) is 12.8 Å². The molecule has 0 aliphatic carbocycles. The Labute approximate surface area is 168 Å². The topological polar surface area (TPSA) is 93.3 Å². The van der Waals surface area contributed by atoms with Crippen molar-refractivity contribution in [1.29, 1.82) is 0 Å². The Morgan fingerprint density at radius 2 is 2.07 bits per heavy atom. The van der Waals surface area contributed by atoms with Gasteiger partial charge in [-0.05, 0) is 6.42 Å². The Morgan fingerprint density at radius 3 is 2.76 bits per heavy atom. The average molecular weight is 393 g/mol. The predicted octanol–water partition coefficient (Wildman–Crippen LogP) is 1.90. The van der Waals surface area contributed by atoms with Crippen molar-refractivity contribution in [2.24, 2.45) is 12.5 Å². The van der Waals surface area contributed by atoms with E-state index in [4.69, 9.17) is 4.52 Å². The molecular weight excluding hydrogens is 370 g/mol. The van der Waals surface area contributed by atoms with Crippen LogP contribution in [0.4, 0.5) is 0 Å². The first-order valence-corrected chi connectivity index (χ1v) is 9.52. The molecule has 3 heterocycles. The van der Waals surface area contributed by atoms with Gasteiger partial charge in [-0.15, -0.1) is 0 Å². The summed E-state index contributed by atoms with van der Waals surface area (Å²) in [5.74, 6) is 0.409. The minimum atomic E-state index is -0.750. The molecule has 2 aromatic heterocycles. The molecule has 4 rings (SSSR count). The third kappa shape index (κ3) is 3.65. The summed E-state index contributed by atoms with van der Waals surface area (Å²) in [6.45, 7) is 0.822. The number of nitrogens with one attached hydrogen (secondary N) is 1. The van der Waals surface area contributed by atoms with Crippen molar-refractivity contribution in [1.82, 2.24) is 25.2 Å². The summed E-state index contributed by atoms with van der Waals surface area (Å²) in [6, 6.07) is 11.6. The maximum Gasteiger partial charge on any atom is 0.257 e. The lowest BCUT2D eigenvalue weighted by Crippen LogP contribution is -2.44. The molecule has 0 radical (unpaired) electrons. The Morgan fingerprint density at radius 1 is 1.28 bits per heavy atom. The molecule has 0 spiro atoms. The maximum atomic E-state index is 12.8.